The topological polar surface area (TPSA) is 81.8 Å². The molecule has 0 amide bonds. The predicted molar refractivity (Wildman–Crippen MR) is 63.5 cm³/mol. The van der Waals surface area contributed by atoms with Crippen LogP contribution in [0, 0.1) is 6.92 Å². The van der Waals surface area contributed by atoms with Crippen LogP contribution in [0.15, 0.2) is 18.2 Å². The Morgan fingerprint density at radius 1 is 1.47 bits per heavy atom. The molecule has 3 N–H and O–H groups in total. The Hall–Kier alpha value is -1.75. The third kappa shape index (κ3) is 3.64. The second kappa shape index (κ2) is 6.10. The lowest BCUT2D eigenvalue weighted by Gasteiger charge is -2.16. The van der Waals surface area contributed by atoms with Crippen molar-refractivity contribution in [1.29, 1.82) is 0 Å². The third-order valence-corrected chi connectivity index (χ3v) is 2.29. The van der Waals surface area contributed by atoms with Crippen molar-refractivity contribution in [3.8, 4) is 11.5 Å². The summed E-state index contributed by atoms with van der Waals surface area (Å²) in [6.45, 7) is 2.17. The van der Waals surface area contributed by atoms with Crippen LogP contribution in [0.4, 0.5) is 0 Å². The number of carboxylic acids is 1. The highest BCUT2D eigenvalue weighted by Gasteiger charge is 2.20. The van der Waals surface area contributed by atoms with Crippen LogP contribution in [0.3, 0.4) is 0 Å². The molecule has 0 aliphatic heterocycles. The van der Waals surface area contributed by atoms with E-state index in [0.29, 0.717) is 11.5 Å². The highest BCUT2D eigenvalue weighted by molar-refractivity contribution is 5.73. The van der Waals surface area contributed by atoms with Crippen molar-refractivity contribution in [3.05, 3.63) is 23.8 Å². The monoisotopic (exact) mass is 239 g/mol. The standard InChI is InChI=1S/C12H17NO4/c1-8-3-4-9(11(7-8)16-2)17-10(5-6-13)12(14)15/h3-4,7,10H,5-6,13H2,1-2H3,(H,14,15). The summed E-state index contributed by atoms with van der Waals surface area (Å²) in [5, 5.41) is 8.96. The van der Waals surface area contributed by atoms with Crippen molar-refractivity contribution >= 4 is 5.97 Å². The van der Waals surface area contributed by atoms with Crippen molar-refractivity contribution in [2.24, 2.45) is 5.73 Å². The van der Waals surface area contributed by atoms with E-state index in [-0.39, 0.29) is 13.0 Å². The van der Waals surface area contributed by atoms with E-state index >= 15 is 0 Å². The van der Waals surface area contributed by atoms with Gasteiger partial charge in [-0.05, 0) is 31.2 Å². The van der Waals surface area contributed by atoms with Crippen molar-refractivity contribution in [2.45, 2.75) is 19.4 Å². The Morgan fingerprint density at radius 3 is 2.71 bits per heavy atom. The molecule has 0 aliphatic rings. The zero-order valence-corrected chi connectivity index (χ0v) is 9.97. The van der Waals surface area contributed by atoms with E-state index in [2.05, 4.69) is 0 Å². The number of aryl methyl sites for hydroxylation is 1. The summed E-state index contributed by atoms with van der Waals surface area (Å²) in [5.41, 5.74) is 6.35. The average Bonchev–Trinajstić information content (AvgIpc) is 2.30. The Balaban J connectivity index is 2.88. The molecular formula is C12H17NO4. The van der Waals surface area contributed by atoms with Gasteiger partial charge in [0.25, 0.3) is 0 Å². The van der Waals surface area contributed by atoms with Gasteiger partial charge in [-0.2, -0.15) is 0 Å². The lowest BCUT2D eigenvalue weighted by atomic mass is 10.2. The number of hydrogen-bond donors (Lipinski definition) is 2. The van der Waals surface area contributed by atoms with Crippen LogP contribution in [-0.4, -0.2) is 30.8 Å². The summed E-state index contributed by atoms with van der Waals surface area (Å²) in [5.74, 6) is -0.0923. The van der Waals surface area contributed by atoms with Gasteiger partial charge in [-0.1, -0.05) is 6.07 Å². The lowest BCUT2D eigenvalue weighted by Crippen LogP contribution is -2.29. The van der Waals surface area contributed by atoms with E-state index in [1.807, 2.05) is 13.0 Å². The minimum atomic E-state index is -1.03. The number of hydrogen-bond acceptors (Lipinski definition) is 4. The summed E-state index contributed by atoms with van der Waals surface area (Å²) < 4.78 is 10.5. The third-order valence-electron chi connectivity index (χ3n) is 2.29. The first kappa shape index (κ1) is 13.3. The first-order valence-electron chi connectivity index (χ1n) is 5.32. The number of methoxy groups -OCH3 is 1. The number of benzene rings is 1. The van der Waals surface area contributed by atoms with Crippen molar-refractivity contribution < 1.29 is 19.4 Å². The largest absolute Gasteiger partial charge is 0.493 e. The minimum Gasteiger partial charge on any atom is -0.493 e. The SMILES string of the molecule is COc1cc(C)ccc1OC(CCN)C(=O)O. The fourth-order valence-corrected chi connectivity index (χ4v) is 1.41. The maximum Gasteiger partial charge on any atom is 0.344 e. The molecule has 17 heavy (non-hydrogen) atoms. The molecule has 0 saturated heterocycles. The Bertz CT molecular complexity index is 392. The fourth-order valence-electron chi connectivity index (χ4n) is 1.41. The molecule has 0 fully saturated rings. The molecule has 1 unspecified atom stereocenters. The fraction of sp³-hybridized carbons (Fsp3) is 0.417. The summed E-state index contributed by atoms with van der Waals surface area (Å²) >= 11 is 0. The predicted octanol–water partition coefficient (Wildman–Crippen LogP) is 1.18. The first-order chi connectivity index (χ1) is 8.08. The maximum atomic E-state index is 10.9. The minimum absolute atomic E-state index is 0.255. The van der Waals surface area contributed by atoms with Gasteiger partial charge in [0.2, 0.25) is 0 Å². The van der Waals surface area contributed by atoms with E-state index in [9.17, 15) is 4.79 Å². The van der Waals surface area contributed by atoms with E-state index < -0.39 is 12.1 Å². The second-order valence-electron chi connectivity index (χ2n) is 3.68. The van der Waals surface area contributed by atoms with Crippen LogP contribution in [-0.2, 0) is 4.79 Å². The van der Waals surface area contributed by atoms with Gasteiger partial charge in [0.05, 0.1) is 7.11 Å². The van der Waals surface area contributed by atoms with Crippen LogP contribution in [0.5, 0.6) is 11.5 Å². The van der Waals surface area contributed by atoms with E-state index in [4.69, 9.17) is 20.3 Å². The molecular weight excluding hydrogens is 222 g/mol. The van der Waals surface area contributed by atoms with Gasteiger partial charge < -0.3 is 20.3 Å². The van der Waals surface area contributed by atoms with Crippen molar-refractivity contribution in [2.75, 3.05) is 13.7 Å². The summed E-state index contributed by atoms with van der Waals surface area (Å²) in [6, 6.07) is 5.32. The molecule has 0 spiro atoms. The Kier molecular flexibility index (Phi) is 4.78. The molecule has 0 heterocycles. The van der Waals surface area contributed by atoms with Crippen molar-refractivity contribution in [1.82, 2.24) is 0 Å². The number of aliphatic carboxylic acids is 1. The number of carboxylic acid groups (broad SMARTS) is 1. The first-order valence-corrected chi connectivity index (χ1v) is 5.32. The van der Waals surface area contributed by atoms with E-state index in [0.717, 1.165) is 5.56 Å². The quantitative estimate of drug-likeness (QED) is 0.779. The van der Waals surface area contributed by atoms with Gasteiger partial charge in [0, 0.05) is 6.42 Å². The van der Waals surface area contributed by atoms with E-state index in [1.165, 1.54) is 7.11 Å². The average molecular weight is 239 g/mol. The second-order valence-corrected chi connectivity index (χ2v) is 3.68. The van der Waals surface area contributed by atoms with Gasteiger partial charge in [-0.15, -0.1) is 0 Å². The molecule has 0 aliphatic carbocycles. The summed E-state index contributed by atoms with van der Waals surface area (Å²) in [4.78, 5) is 10.9. The molecule has 5 nitrogen and oxygen atoms in total. The Labute approximate surface area is 100 Å². The smallest absolute Gasteiger partial charge is 0.344 e. The molecule has 1 atom stereocenters. The Morgan fingerprint density at radius 2 is 2.18 bits per heavy atom. The van der Waals surface area contributed by atoms with Gasteiger partial charge in [-0.25, -0.2) is 4.79 Å². The molecule has 94 valence electrons. The molecule has 1 rings (SSSR count). The number of ether oxygens (including phenoxy) is 2. The zero-order valence-electron chi connectivity index (χ0n) is 9.97. The summed E-state index contributed by atoms with van der Waals surface area (Å²) in [6.07, 6.45) is -0.691. The van der Waals surface area contributed by atoms with Crippen LogP contribution < -0.4 is 15.2 Å². The normalized spacial score (nSPS) is 11.9. The molecule has 1 aromatic carbocycles. The van der Waals surface area contributed by atoms with Gasteiger partial charge in [0.1, 0.15) is 0 Å². The summed E-state index contributed by atoms with van der Waals surface area (Å²) in [7, 11) is 1.51. The van der Waals surface area contributed by atoms with Crippen LogP contribution in [0.1, 0.15) is 12.0 Å². The lowest BCUT2D eigenvalue weighted by molar-refractivity contribution is -0.145. The highest BCUT2D eigenvalue weighted by atomic mass is 16.5. The number of carbonyl (C=O) groups is 1. The maximum absolute atomic E-state index is 10.9. The van der Waals surface area contributed by atoms with E-state index in [1.54, 1.807) is 12.1 Å². The number of nitrogens with two attached hydrogens (primary N) is 1. The molecule has 1 aromatic rings. The number of rotatable bonds is 6. The molecule has 0 radical (unpaired) electrons. The molecule has 0 saturated carbocycles. The zero-order chi connectivity index (χ0) is 12.8. The van der Waals surface area contributed by atoms with Gasteiger partial charge in [0.15, 0.2) is 17.6 Å². The highest BCUT2D eigenvalue weighted by Crippen LogP contribution is 2.29. The van der Waals surface area contributed by atoms with Gasteiger partial charge in [-0.3, -0.25) is 0 Å². The molecule has 0 aromatic heterocycles. The van der Waals surface area contributed by atoms with Crippen LogP contribution in [0.25, 0.3) is 0 Å². The molecule has 0 bridgehead atoms. The van der Waals surface area contributed by atoms with Crippen LogP contribution in [0.2, 0.25) is 0 Å². The van der Waals surface area contributed by atoms with Crippen molar-refractivity contribution in [3.63, 3.8) is 0 Å². The van der Waals surface area contributed by atoms with Gasteiger partial charge >= 0.3 is 5.97 Å². The molecule has 5 heteroatoms. The van der Waals surface area contributed by atoms with Crippen LogP contribution >= 0.6 is 0 Å².